The average Bonchev–Trinajstić information content (AvgIpc) is 3.05. The van der Waals surface area contributed by atoms with Gasteiger partial charge in [0.2, 0.25) is 5.88 Å². The number of hydroxylamine groups is 1. The molecule has 2 aromatic heterocycles. The molecular weight excluding hydrogens is 371 g/mol. The first-order valence-corrected chi connectivity index (χ1v) is 8.24. The lowest BCUT2D eigenvalue weighted by atomic mass is 10.0. The van der Waals surface area contributed by atoms with Gasteiger partial charge in [0.25, 0.3) is 5.91 Å². The lowest BCUT2D eigenvalue weighted by molar-refractivity contribution is 0.0532. The Morgan fingerprint density at radius 1 is 1.29 bits per heavy atom. The highest BCUT2D eigenvalue weighted by molar-refractivity contribution is 5.94. The van der Waals surface area contributed by atoms with Crippen molar-refractivity contribution in [2.75, 3.05) is 7.11 Å². The topological polar surface area (TPSA) is 115 Å². The van der Waals surface area contributed by atoms with E-state index in [1.165, 1.54) is 36.0 Å². The molecule has 1 amide bonds. The maximum Gasteiger partial charge on any atom is 0.337 e. The van der Waals surface area contributed by atoms with Crippen molar-refractivity contribution in [1.82, 2.24) is 20.1 Å². The Labute approximate surface area is 158 Å². The van der Waals surface area contributed by atoms with Gasteiger partial charge in [0.15, 0.2) is 11.6 Å². The monoisotopic (exact) mass is 388 g/mol. The Hall–Kier alpha value is -3.53. The zero-order chi connectivity index (χ0) is 20.4. The Morgan fingerprint density at radius 2 is 2.04 bits per heavy atom. The molecule has 0 saturated carbocycles. The third kappa shape index (κ3) is 3.37. The van der Waals surface area contributed by atoms with Crippen LogP contribution in [-0.4, -0.2) is 38.7 Å². The second-order valence-electron chi connectivity index (χ2n) is 6.13. The van der Waals surface area contributed by atoms with Gasteiger partial charge in [0, 0.05) is 11.8 Å². The van der Waals surface area contributed by atoms with Gasteiger partial charge in [-0.05, 0) is 18.1 Å². The fraction of sp³-hybridized carbons (Fsp3) is 0.222. The van der Waals surface area contributed by atoms with Crippen LogP contribution in [0.4, 0.5) is 4.39 Å². The molecule has 0 unspecified atom stereocenters. The molecule has 0 bridgehead atoms. The predicted octanol–water partition coefficient (Wildman–Crippen LogP) is 2.77. The first kappa shape index (κ1) is 19.2. The van der Waals surface area contributed by atoms with Crippen molar-refractivity contribution in [2.45, 2.75) is 19.8 Å². The van der Waals surface area contributed by atoms with Crippen molar-refractivity contribution >= 4 is 17.4 Å². The number of hydrogen-bond donors (Lipinski definition) is 2. The third-order valence-corrected chi connectivity index (χ3v) is 4.00. The summed E-state index contributed by atoms with van der Waals surface area (Å²) in [5.74, 6) is -3.29. The minimum absolute atomic E-state index is 0.0330. The summed E-state index contributed by atoms with van der Waals surface area (Å²) < 4.78 is 21.7. The fourth-order valence-electron chi connectivity index (χ4n) is 2.85. The minimum atomic E-state index is -1.12. The zero-order valence-corrected chi connectivity index (χ0v) is 15.3. The van der Waals surface area contributed by atoms with Crippen LogP contribution in [0, 0.1) is 5.82 Å². The van der Waals surface area contributed by atoms with Crippen LogP contribution in [0.5, 0.6) is 11.6 Å². The van der Waals surface area contributed by atoms with Gasteiger partial charge in [-0.15, -0.1) is 0 Å². The SMILES string of the molecule is CONC(=O)c1cccc(Oc2ncnn3cc(C(=O)O)c(C(C)C)c23)c1F. The number of carboxylic acids is 1. The van der Waals surface area contributed by atoms with Crippen molar-refractivity contribution < 1.29 is 28.7 Å². The number of aromatic nitrogens is 3. The van der Waals surface area contributed by atoms with Crippen LogP contribution >= 0.6 is 0 Å². The van der Waals surface area contributed by atoms with Crippen LogP contribution in [-0.2, 0) is 4.84 Å². The lowest BCUT2D eigenvalue weighted by Crippen LogP contribution is -2.23. The highest BCUT2D eigenvalue weighted by Gasteiger charge is 2.24. The summed E-state index contributed by atoms with van der Waals surface area (Å²) in [5, 5.41) is 13.5. The van der Waals surface area contributed by atoms with Crippen LogP contribution in [0.2, 0.25) is 0 Å². The maximum absolute atomic E-state index is 14.7. The molecule has 0 aliphatic rings. The largest absolute Gasteiger partial charge is 0.478 e. The zero-order valence-electron chi connectivity index (χ0n) is 15.3. The average molecular weight is 388 g/mol. The predicted molar refractivity (Wildman–Crippen MR) is 95.0 cm³/mol. The summed E-state index contributed by atoms with van der Waals surface area (Å²) in [6, 6.07) is 4.03. The molecule has 0 spiro atoms. The van der Waals surface area contributed by atoms with E-state index in [9.17, 15) is 19.1 Å². The van der Waals surface area contributed by atoms with Crippen LogP contribution in [0.25, 0.3) is 5.52 Å². The number of ether oxygens (including phenoxy) is 1. The molecule has 0 atom stereocenters. The summed E-state index contributed by atoms with van der Waals surface area (Å²) >= 11 is 0. The molecule has 2 N–H and O–H groups in total. The van der Waals surface area contributed by atoms with E-state index in [2.05, 4.69) is 14.9 Å². The van der Waals surface area contributed by atoms with Gasteiger partial charge in [-0.25, -0.2) is 19.2 Å². The Balaban J connectivity index is 2.13. The highest BCUT2D eigenvalue weighted by Crippen LogP contribution is 2.34. The van der Waals surface area contributed by atoms with Crippen LogP contribution in [0.15, 0.2) is 30.7 Å². The van der Waals surface area contributed by atoms with Crippen molar-refractivity contribution in [2.24, 2.45) is 0 Å². The molecular formula is C18H17FN4O5. The van der Waals surface area contributed by atoms with Gasteiger partial charge in [-0.3, -0.25) is 9.63 Å². The van der Waals surface area contributed by atoms with Gasteiger partial charge in [0.1, 0.15) is 11.8 Å². The molecule has 1 aromatic carbocycles. The quantitative estimate of drug-likeness (QED) is 0.624. The number of halogens is 1. The first-order chi connectivity index (χ1) is 13.3. The normalized spacial score (nSPS) is 11.0. The van der Waals surface area contributed by atoms with Gasteiger partial charge >= 0.3 is 5.97 Å². The Morgan fingerprint density at radius 3 is 2.68 bits per heavy atom. The molecule has 28 heavy (non-hydrogen) atoms. The number of fused-ring (bicyclic) bond motifs is 1. The van der Waals surface area contributed by atoms with Gasteiger partial charge < -0.3 is 9.84 Å². The van der Waals surface area contributed by atoms with Crippen molar-refractivity contribution in [3.63, 3.8) is 0 Å². The van der Waals surface area contributed by atoms with Crippen molar-refractivity contribution in [3.8, 4) is 11.6 Å². The number of carbonyl (C=O) groups excluding carboxylic acids is 1. The number of rotatable bonds is 6. The molecule has 0 saturated heterocycles. The van der Waals surface area contributed by atoms with E-state index in [4.69, 9.17) is 4.74 Å². The molecule has 3 rings (SSSR count). The van der Waals surface area contributed by atoms with E-state index < -0.39 is 17.7 Å². The summed E-state index contributed by atoms with van der Waals surface area (Å²) in [6.45, 7) is 3.63. The number of hydrogen-bond acceptors (Lipinski definition) is 6. The standard InChI is InChI=1S/C18H17FN4O5/c1-9(2)13-11(18(25)26)7-23-15(13)17(20-8-21-23)28-12-6-4-5-10(14(12)19)16(24)22-27-3/h4-9H,1-3H3,(H,22,24)(H,25,26). The van der Waals surface area contributed by atoms with E-state index in [0.29, 0.717) is 11.1 Å². The molecule has 2 heterocycles. The fourth-order valence-corrected chi connectivity index (χ4v) is 2.85. The number of aromatic carboxylic acids is 1. The summed E-state index contributed by atoms with van der Waals surface area (Å²) in [7, 11) is 1.23. The molecule has 0 aliphatic heterocycles. The third-order valence-electron chi connectivity index (χ3n) is 4.00. The molecule has 0 radical (unpaired) electrons. The second kappa shape index (κ2) is 7.61. The number of nitrogens with zero attached hydrogens (tertiary/aromatic N) is 3. The Kier molecular flexibility index (Phi) is 5.23. The van der Waals surface area contributed by atoms with Gasteiger partial charge in [-0.2, -0.15) is 10.1 Å². The molecule has 146 valence electrons. The summed E-state index contributed by atoms with van der Waals surface area (Å²) in [5.41, 5.74) is 2.56. The number of carboxylic acid groups (broad SMARTS) is 1. The number of benzene rings is 1. The number of amides is 1. The van der Waals surface area contributed by atoms with Gasteiger partial charge in [-0.1, -0.05) is 19.9 Å². The summed E-state index contributed by atoms with van der Waals surface area (Å²) in [6.07, 6.45) is 2.51. The van der Waals surface area contributed by atoms with Gasteiger partial charge in [0.05, 0.1) is 18.2 Å². The van der Waals surface area contributed by atoms with Crippen LogP contribution < -0.4 is 10.2 Å². The van der Waals surface area contributed by atoms with E-state index in [-0.39, 0.29) is 28.7 Å². The summed E-state index contributed by atoms with van der Waals surface area (Å²) in [4.78, 5) is 32.0. The van der Waals surface area contributed by atoms with E-state index in [0.717, 1.165) is 6.33 Å². The number of nitrogens with one attached hydrogen (secondary N) is 1. The van der Waals surface area contributed by atoms with Crippen LogP contribution in [0.3, 0.4) is 0 Å². The Bertz CT molecular complexity index is 1060. The molecule has 0 fully saturated rings. The van der Waals surface area contributed by atoms with E-state index >= 15 is 0 Å². The maximum atomic E-state index is 14.7. The van der Waals surface area contributed by atoms with E-state index in [1.807, 2.05) is 19.3 Å². The molecule has 10 heteroatoms. The molecule has 0 aliphatic carbocycles. The lowest BCUT2D eigenvalue weighted by Gasteiger charge is -2.12. The second-order valence-corrected chi connectivity index (χ2v) is 6.13. The van der Waals surface area contributed by atoms with E-state index in [1.54, 1.807) is 0 Å². The minimum Gasteiger partial charge on any atom is -0.478 e. The smallest absolute Gasteiger partial charge is 0.337 e. The van der Waals surface area contributed by atoms with Crippen molar-refractivity contribution in [3.05, 3.63) is 53.2 Å². The molecule has 9 nitrogen and oxygen atoms in total. The highest BCUT2D eigenvalue weighted by atomic mass is 19.1. The number of carbonyl (C=O) groups is 2. The van der Waals surface area contributed by atoms with Crippen molar-refractivity contribution in [1.29, 1.82) is 0 Å². The van der Waals surface area contributed by atoms with Crippen LogP contribution in [0.1, 0.15) is 46.0 Å². The molecule has 3 aromatic rings. The first-order valence-electron chi connectivity index (χ1n) is 8.24.